The predicted molar refractivity (Wildman–Crippen MR) is 65.6 cm³/mol. The molecule has 1 amide bonds. The van der Waals surface area contributed by atoms with Gasteiger partial charge >= 0.3 is 5.97 Å². The van der Waals surface area contributed by atoms with Gasteiger partial charge in [0.15, 0.2) is 0 Å². The molecule has 1 aliphatic rings. The first kappa shape index (κ1) is 12.4. The third-order valence-corrected chi connectivity index (χ3v) is 3.24. The fraction of sp³-hybridized carbons (Fsp3) is 0.385. The summed E-state index contributed by atoms with van der Waals surface area (Å²) < 4.78 is 0. The number of carboxylic acid groups (broad SMARTS) is 1. The summed E-state index contributed by atoms with van der Waals surface area (Å²) in [5, 5.41) is 21.0. The van der Waals surface area contributed by atoms with E-state index in [0.717, 1.165) is 12.8 Å². The van der Waals surface area contributed by atoms with Gasteiger partial charge in [-0.1, -0.05) is 6.92 Å². The Labute approximate surface area is 104 Å². The molecular weight excluding hydrogens is 234 g/mol. The minimum absolute atomic E-state index is 0.0298. The van der Waals surface area contributed by atoms with Crippen molar-refractivity contribution in [2.75, 3.05) is 5.32 Å². The number of carbonyl (C=O) groups is 2. The Kier molecular flexibility index (Phi) is 3.23. The zero-order valence-corrected chi connectivity index (χ0v) is 10.0. The minimum atomic E-state index is -1.10. The maximum atomic E-state index is 11.9. The van der Waals surface area contributed by atoms with Gasteiger partial charge in [0.1, 0.15) is 5.75 Å². The van der Waals surface area contributed by atoms with E-state index < -0.39 is 5.97 Å². The summed E-state index contributed by atoms with van der Waals surface area (Å²) in [4.78, 5) is 22.7. The average Bonchev–Trinajstić information content (AvgIpc) is 3.14. The summed E-state index contributed by atoms with van der Waals surface area (Å²) in [5.74, 6) is -1.11. The Morgan fingerprint density at radius 2 is 2.06 bits per heavy atom. The first-order chi connectivity index (χ1) is 8.49. The van der Waals surface area contributed by atoms with Gasteiger partial charge in [-0.2, -0.15) is 0 Å². The van der Waals surface area contributed by atoms with Crippen molar-refractivity contribution in [1.82, 2.24) is 0 Å². The maximum absolute atomic E-state index is 11.9. The van der Waals surface area contributed by atoms with Gasteiger partial charge in [0.25, 0.3) is 0 Å². The second kappa shape index (κ2) is 4.68. The van der Waals surface area contributed by atoms with E-state index in [1.54, 1.807) is 0 Å². The number of aromatic hydroxyl groups is 1. The van der Waals surface area contributed by atoms with Crippen molar-refractivity contribution in [3.63, 3.8) is 0 Å². The standard InChI is InChI=1S/C13H15NO4/c1-7(8-2-3-8)12(16)14-10-6-9(13(17)18)4-5-11(10)15/h4-8,15H,2-3H2,1H3,(H,14,16)(H,17,18). The van der Waals surface area contributed by atoms with Gasteiger partial charge in [-0.3, -0.25) is 4.79 Å². The molecule has 2 rings (SSSR count). The molecule has 1 aromatic rings. The quantitative estimate of drug-likeness (QED) is 0.713. The van der Waals surface area contributed by atoms with Gasteiger partial charge < -0.3 is 15.5 Å². The topological polar surface area (TPSA) is 86.6 Å². The lowest BCUT2D eigenvalue weighted by molar-refractivity contribution is -0.119. The largest absolute Gasteiger partial charge is 0.506 e. The average molecular weight is 249 g/mol. The summed E-state index contributed by atoms with van der Waals surface area (Å²) in [7, 11) is 0. The van der Waals surface area contributed by atoms with E-state index in [4.69, 9.17) is 5.11 Å². The number of anilines is 1. The number of hydrogen-bond donors (Lipinski definition) is 3. The van der Waals surface area contributed by atoms with Crippen LogP contribution in [0.5, 0.6) is 5.75 Å². The number of carboxylic acids is 1. The molecule has 1 unspecified atom stereocenters. The first-order valence-corrected chi connectivity index (χ1v) is 5.86. The van der Waals surface area contributed by atoms with Crippen LogP contribution in [0.4, 0.5) is 5.69 Å². The summed E-state index contributed by atoms with van der Waals surface area (Å²) in [6.07, 6.45) is 2.10. The lowest BCUT2D eigenvalue weighted by Gasteiger charge is -2.12. The maximum Gasteiger partial charge on any atom is 0.335 e. The third-order valence-electron chi connectivity index (χ3n) is 3.24. The molecule has 1 aromatic carbocycles. The molecule has 1 aliphatic carbocycles. The molecule has 3 N–H and O–H groups in total. The van der Waals surface area contributed by atoms with Crippen molar-refractivity contribution in [1.29, 1.82) is 0 Å². The van der Waals surface area contributed by atoms with Gasteiger partial charge in [-0.15, -0.1) is 0 Å². The van der Waals surface area contributed by atoms with Crippen LogP contribution in [0.15, 0.2) is 18.2 Å². The third kappa shape index (κ3) is 2.61. The van der Waals surface area contributed by atoms with E-state index in [1.165, 1.54) is 18.2 Å². The van der Waals surface area contributed by atoms with Crippen molar-refractivity contribution in [3.8, 4) is 5.75 Å². The smallest absolute Gasteiger partial charge is 0.335 e. The second-order valence-electron chi connectivity index (χ2n) is 4.65. The van der Waals surface area contributed by atoms with Crippen LogP contribution in [0.2, 0.25) is 0 Å². The second-order valence-corrected chi connectivity index (χ2v) is 4.65. The Balaban J connectivity index is 2.14. The highest BCUT2D eigenvalue weighted by Gasteiger charge is 2.32. The summed E-state index contributed by atoms with van der Waals surface area (Å²) >= 11 is 0. The highest BCUT2D eigenvalue weighted by Crippen LogP contribution is 2.37. The summed E-state index contributed by atoms with van der Waals surface area (Å²) in [5.41, 5.74) is 0.176. The molecule has 1 atom stereocenters. The molecule has 1 fully saturated rings. The number of nitrogens with one attached hydrogen (secondary N) is 1. The summed E-state index contributed by atoms with van der Waals surface area (Å²) in [6, 6.07) is 3.81. The summed E-state index contributed by atoms with van der Waals surface area (Å²) in [6.45, 7) is 1.84. The van der Waals surface area contributed by atoms with Gasteiger partial charge in [-0.05, 0) is 37.0 Å². The zero-order chi connectivity index (χ0) is 13.3. The number of hydrogen-bond acceptors (Lipinski definition) is 3. The van der Waals surface area contributed by atoms with Crippen LogP contribution >= 0.6 is 0 Å². The van der Waals surface area contributed by atoms with Crippen molar-refractivity contribution >= 4 is 17.6 Å². The molecule has 1 saturated carbocycles. The molecule has 0 aliphatic heterocycles. The van der Waals surface area contributed by atoms with Crippen LogP contribution in [0.1, 0.15) is 30.1 Å². The fourth-order valence-electron chi connectivity index (χ4n) is 1.83. The van der Waals surface area contributed by atoms with Crippen molar-refractivity contribution in [2.45, 2.75) is 19.8 Å². The Bertz CT molecular complexity index is 494. The van der Waals surface area contributed by atoms with Crippen LogP contribution in [0.25, 0.3) is 0 Å². The molecule has 0 aromatic heterocycles. The molecule has 96 valence electrons. The monoisotopic (exact) mass is 249 g/mol. The molecule has 0 radical (unpaired) electrons. The molecule has 5 heteroatoms. The van der Waals surface area contributed by atoms with E-state index in [9.17, 15) is 14.7 Å². The molecule has 0 saturated heterocycles. The molecule has 5 nitrogen and oxygen atoms in total. The minimum Gasteiger partial charge on any atom is -0.506 e. The van der Waals surface area contributed by atoms with Crippen LogP contribution in [-0.4, -0.2) is 22.1 Å². The number of amides is 1. The lowest BCUT2D eigenvalue weighted by atomic mass is 10.1. The number of carbonyl (C=O) groups excluding carboxylic acids is 1. The SMILES string of the molecule is CC(C(=O)Nc1cc(C(=O)O)ccc1O)C1CC1. The normalized spacial score (nSPS) is 16.1. The predicted octanol–water partition coefficient (Wildman–Crippen LogP) is 2.08. The Morgan fingerprint density at radius 3 is 2.61 bits per heavy atom. The molecule has 18 heavy (non-hydrogen) atoms. The van der Waals surface area contributed by atoms with E-state index in [1.807, 2.05) is 6.92 Å². The number of phenolic OH excluding ortho intramolecular Hbond substituents is 1. The van der Waals surface area contributed by atoms with Gasteiger partial charge in [-0.25, -0.2) is 4.79 Å². The van der Waals surface area contributed by atoms with E-state index >= 15 is 0 Å². The van der Waals surface area contributed by atoms with E-state index in [2.05, 4.69) is 5.32 Å². The molecular formula is C13H15NO4. The molecule has 0 bridgehead atoms. The highest BCUT2D eigenvalue weighted by molar-refractivity contribution is 5.96. The van der Waals surface area contributed by atoms with Gasteiger partial charge in [0, 0.05) is 5.92 Å². The number of rotatable bonds is 4. The van der Waals surface area contributed by atoms with Crippen LogP contribution in [-0.2, 0) is 4.79 Å². The molecule has 0 spiro atoms. The highest BCUT2D eigenvalue weighted by atomic mass is 16.4. The Hall–Kier alpha value is -2.04. The fourth-order valence-corrected chi connectivity index (χ4v) is 1.83. The van der Waals surface area contributed by atoms with Gasteiger partial charge in [0.2, 0.25) is 5.91 Å². The van der Waals surface area contributed by atoms with E-state index in [-0.39, 0.29) is 28.8 Å². The Morgan fingerprint density at radius 1 is 1.39 bits per heavy atom. The number of phenols is 1. The van der Waals surface area contributed by atoms with Crippen molar-refractivity contribution in [3.05, 3.63) is 23.8 Å². The van der Waals surface area contributed by atoms with Crippen molar-refractivity contribution < 1.29 is 19.8 Å². The lowest BCUT2D eigenvalue weighted by Crippen LogP contribution is -2.22. The number of aromatic carboxylic acids is 1. The zero-order valence-electron chi connectivity index (χ0n) is 10.0. The van der Waals surface area contributed by atoms with Crippen molar-refractivity contribution in [2.24, 2.45) is 11.8 Å². The van der Waals surface area contributed by atoms with Crippen LogP contribution in [0.3, 0.4) is 0 Å². The first-order valence-electron chi connectivity index (χ1n) is 5.86. The van der Waals surface area contributed by atoms with Crippen LogP contribution < -0.4 is 5.32 Å². The van der Waals surface area contributed by atoms with E-state index in [0.29, 0.717) is 5.92 Å². The van der Waals surface area contributed by atoms with Gasteiger partial charge in [0.05, 0.1) is 11.3 Å². The number of benzene rings is 1. The van der Waals surface area contributed by atoms with Crippen LogP contribution in [0, 0.1) is 11.8 Å². The molecule has 0 heterocycles.